The van der Waals surface area contributed by atoms with Gasteiger partial charge in [0.2, 0.25) is 0 Å². The fourth-order valence-electron chi connectivity index (χ4n) is 1.43. The number of nitrogens with zero attached hydrogens (tertiary/aromatic N) is 1. The molecule has 0 N–H and O–H groups in total. The van der Waals surface area contributed by atoms with Crippen LogP contribution >= 0.6 is 26.0 Å². The molecule has 1 aliphatic rings. The smallest absolute Gasteiger partial charge is 0.389 e. The first-order chi connectivity index (χ1) is 9.72. The summed E-state index contributed by atoms with van der Waals surface area (Å²) in [5.74, 6) is 2.69. The molecule has 0 radical (unpaired) electrons. The molecule has 0 spiro atoms. The van der Waals surface area contributed by atoms with E-state index in [1.807, 2.05) is 19.6 Å². The monoisotopic (exact) mass is 358 g/mol. The van der Waals surface area contributed by atoms with Crippen LogP contribution in [0.4, 0.5) is 0 Å². The zero-order chi connectivity index (χ0) is 16.4. The molecule has 1 unspecified atom stereocenters. The average molecular weight is 358 g/mol. The fourth-order valence-corrected chi connectivity index (χ4v) is 6.28. The third kappa shape index (κ3) is 12.8. The topological polar surface area (TPSA) is 58.6 Å². The van der Waals surface area contributed by atoms with Crippen molar-refractivity contribution in [1.29, 1.82) is 0 Å². The van der Waals surface area contributed by atoms with Crippen LogP contribution in [-0.2, 0) is 13.6 Å². The molecule has 0 saturated carbocycles. The summed E-state index contributed by atoms with van der Waals surface area (Å²) in [5.41, 5.74) is 0. The van der Waals surface area contributed by atoms with Gasteiger partial charge in [0.1, 0.15) is 6.16 Å². The molecule has 21 heavy (non-hydrogen) atoms. The van der Waals surface area contributed by atoms with Gasteiger partial charge >= 0.3 is 6.80 Å². The van der Waals surface area contributed by atoms with Gasteiger partial charge in [-0.05, 0) is 31.7 Å². The van der Waals surface area contributed by atoms with Crippen molar-refractivity contribution in [2.24, 2.45) is 0 Å². The second kappa shape index (κ2) is 11.2. The molecule has 0 bridgehead atoms. The van der Waals surface area contributed by atoms with Crippen molar-refractivity contribution in [3.05, 3.63) is 0 Å². The van der Waals surface area contributed by atoms with Crippen molar-refractivity contribution >= 4 is 31.7 Å². The maximum atomic E-state index is 12.0. The van der Waals surface area contributed by atoms with Crippen LogP contribution in [0.5, 0.6) is 0 Å². The lowest BCUT2D eigenvalue weighted by atomic mass is 10.4. The van der Waals surface area contributed by atoms with Crippen molar-refractivity contribution in [3.8, 4) is 0 Å². The highest BCUT2D eigenvalue weighted by molar-refractivity contribution is 8.55. The highest BCUT2D eigenvalue weighted by Gasteiger charge is 2.25. The maximum absolute atomic E-state index is 12.0. The Hall–Kier alpha value is 0.590. The number of hydrogen-bond donors (Lipinski definition) is 0. The standard InChI is InChI=1S/C9H23NO3PS.C4H7OP/c1-6-12-14(11,13-7-2)15-9-8-10(3,4)5;5-6-3-1-2-4-6/h6-9H2,1-5H3;3H,1-2,4H2/q+1;. The number of rotatable bonds is 8. The minimum Gasteiger partial charge on any atom is -0.631 e. The summed E-state index contributed by atoms with van der Waals surface area (Å²) in [7, 11) is 5.47. The van der Waals surface area contributed by atoms with E-state index in [-0.39, 0.29) is 0 Å². The first-order valence-electron chi connectivity index (χ1n) is 7.33. The van der Waals surface area contributed by atoms with Gasteiger partial charge < -0.3 is 18.4 Å². The molecule has 0 amide bonds. The largest absolute Gasteiger partial charge is 0.631 e. The summed E-state index contributed by atoms with van der Waals surface area (Å²) < 4.78 is 23.2. The Kier molecular flexibility index (Phi) is 11.5. The molecule has 1 atom stereocenters. The van der Waals surface area contributed by atoms with Gasteiger partial charge in [-0.3, -0.25) is 0 Å². The Bertz CT molecular complexity index is 349. The molecule has 1 rings (SSSR count). The van der Waals surface area contributed by atoms with Gasteiger partial charge in [-0.2, -0.15) is 0 Å². The third-order valence-electron chi connectivity index (χ3n) is 2.50. The van der Waals surface area contributed by atoms with E-state index in [4.69, 9.17) is 9.05 Å². The SMILES string of the molecule is CCOP(=O)(OCC)SCC[N+](C)(C)C.[O-][P+]1=CCCC1. The molecule has 8 heteroatoms. The molecule has 0 aromatic heterocycles. The van der Waals surface area contributed by atoms with Gasteiger partial charge in [0.25, 0.3) is 0 Å². The van der Waals surface area contributed by atoms with Crippen molar-refractivity contribution in [2.45, 2.75) is 26.7 Å². The normalized spacial score (nSPS) is 17.1. The lowest BCUT2D eigenvalue weighted by Gasteiger charge is -2.24. The Labute approximate surface area is 134 Å². The maximum Gasteiger partial charge on any atom is 0.389 e. The molecule has 0 saturated heterocycles. The van der Waals surface area contributed by atoms with Gasteiger partial charge in [-0.25, -0.2) is 4.57 Å². The van der Waals surface area contributed by atoms with Gasteiger partial charge in [-0.1, -0.05) is 0 Å². The van der Waals surface area contributed by atoms with Gasteiger partial charge in [-0.15, -0.1) is 0 Å². The average Bonchev–Trinajstić information content (AvgIpc) is 2.80. The summed E-state index contributed by atoms with van der Waals surface area (Å²) in [6.45, 7) is 2.54. The van der Waals surface area contributed by atoms with Crippen molar-refractivity contribution < 1.29 is 23.0 Å². The van der Waals surface area contributed by atoms with Gasteiger partial charge in [0.05, 0.1) is 52.5 Å². The molecular weight excluding hydrogens is 328 g/mol. The van der Waals surface area contributed by atoms with Crippen LogP contribution in [-0.4, -0.2) is 63.1 Å². The summed E-state index contributed by atoms with van der Waals surface area (Å²) in [6, 6.07) is 0. The lowest BCUT2D eigenvalue weighted by Crippen LogP contribution is -2.36. The highest BCUT2D eigenvalue weighted by Crippen LogP contribution is 2.60. The second-order valence-corrected chi connectivity index (χ2v) is 11.4. The summed E-state index contributed by atoms with van der Waals surface area (Å²) in [5, 5.41) is 0. The van der Waals surface area contributed by atoms with Crippen LogP contribution in [0.2, 0.25) is 0 Å². The van der Waals surface area contributed by atoms with E-state index in [0.717, 1.165) is 35.8 Å². The molecular formula is C13H30NO4P2S+. The van der Waals surface area contributed by atoms with E-state index < -0.39 is 14.6 Å². The van der Waals surface area contributed by atoms with Gasteiger partial charge in [0, 0.05) is 14.2 Å². The van der Waals surface area contributed by atoms with E-state index >= 15 is 0 Å². The van der Waals surface area contributed by atoms with Crippen molar-refractivity contribution in [1.82, 2.24) is 0 Å². The minimum atomic E-state index is -2.90. The molecule has 1 heterocycles. The van der Waals surface area contributed by atoms with Crippen molar-refractivity contribution in [3.63, 3.8) is 0 Å². The Morgan fingerprint density at radius 3 is 2.14 bits per heavy atom. The molecule has 0 aromatic carbocycles. The Morgan fingerprint density at radius 2 is 1.86 bits per heavy atom. The second-order valence-electron chi connectivity index (χ2n) is 5.60. The summed E-state index contributed by atoms with van der Waals surface area (Å²) in [4.78, 5) is 10.3. The zero-order valence-corrected chi connectivity index (χ0v) is 16.5. The van der Waals surface area contributed by atoms with Gasteiger partial charge in [0.15, 0.2) is 0 Å². The fraction of sp³-hybridized carbons (Fsp3) is 0.923. The van der Waals surface area contributed by atoms with Crippen LogP contribution in [0, 0.1) is 0 Å². The number of hydrogen-bond acceptors (Lipinski definition) is 5. The van der Waals surface area contributed by atoms with E-state index in [2.05, 4.69) is 21.1 Å². The van der Waals surface area contributed by atoms with Crippen LogP contribution in [0.1, 0.15) is 26.7 Å². The lowest BCUT2D eigenvalue weighted by molar-refractivity contribution is -0.867. The number of quaternary nitrogens is 1. The Morgan fingerprint density at radius 1 is 1.29 bits per heavy atom. The van der Waals surface area contributed by atoms with E-state index in [1.54, 1.807) is 0 Å². The summed E-state index contributed by atoms with van der Waals surface area (Å²) >= 11 is 1.30. The molecule has 126 valence electrons. The first kappa shape index (κ1) is 21.6. The summed E-state index contributed by atoms with van der Waals surface area (Å²) in [6.07, 6.45) is 3.17. The zero-order valence-electron chi connectivity index (χ0n) is 13.9. The van der Waals surface area contributed by atoms with Crippen LogP contribution in [0.15, 0.2) is 0 Å². The predicted molar refractivity (Wildman–Crippen MR) is 93.3 cm³/mol. The molecule has 0 aromatic rings. The van der Waals surface area contributed by atoms with Crippen LogP contribution < -0.4 is 4.89 Å². The first-order valence-corrected chi connectivity index (χ1v) is 12.0. The quantitative estimate of drug-likeness (QED) is 0.493. The van der Waals surface area contributed by atoms with Crippen molar-refractivity contribution in [2.75, 3.05) is 52.8 Å². The van der Waals surface area contributed by atoms with Crippen LogP contribution in [0.3, 0.4) is 0 Å². The van der Waals surface area contributed by atoms with E-state index in [9.17, 15) is 9.46 Å². The van der Waals surface area contributed by atoms with Crippen LogP contribution in [0.25, 0.3) is 0 Å². The predicted octanol–water partition coefficient (Wildman–Crippen LogP) is 2.95. The minimum absolute atomic E-state index is 0.425. The van der Waals surface area contributed by atoms with E-state index in [0.29, 0.717) is 13.2 Å². The highest BCUT2D eigenvalue weighted by atomic mass is 32.7. The Balaban J connectivity index is 0.000000547. The molecule has 0 aliphatic carbocycles. The molecule has 1 aliphatic heterocycles. The molecule has 0 fully saturated rings. The third-order valence-corrected chi connectivity index (χ3v) is 7.88. The van der Waals surface area contributed by atoms with E-state index in [1.165, 1.54) is 11.4 Å². The molecule has 5 nitrogen and oxygen atoms in total.